The average Bonchev–Trinajstić information content (AvgIpc) is 2.42. The number of rotatable bonds is 3. The second kappa shape index (κ2) is 3.81. The van der Waals surface area contributed by atoms with Crippen molar-refractivity contribution in [1.29, 1.82) is 0 Å². The van der Waals surface area contributed by atoms with Crippen LogP contribution in [-0.4, -0.2) is 22.2 Å². The summed E-state index contributed by atoms with van der Waals surface area (Å²) in [7, 11) is 0. The van der Waals surface area contributed by atoms with Crippen molar-refractivity contribution < 1.29 is 19.4 Å². The highest BCUT2D eigenvalue weighted by molar-refractivity contribution is 5.74. The second-order valence-corrected chi connectivity index (χ2v) is 3.18. The number of nitrogens with two attached hydrogens (primary N) is 1. The van der Waals surface area contributed by atoms with Crippen molar-refractivity contribution >= 4 is 5.97 Å². The van der Waals surface area contributed by atoms with Crippen LogP contribution in [0.5, 0.6) is 0 Å². The lowest BCUT2D eigenvalue weighted by atomic mass is 10.0. The lowest BCUT2D eigenvalue weighted by molar-refractivity contribution is -0.141. The molecular weight excluding hydrogens is 186 g/mol. The summed E-state index contributed by atoms with van der Waals surface area (Å²) >= 11 is 0. The third kappa shape index (κ3) is 1.94. The quantitative estimate of drug-likeness (QED) is 0.652. The predicted octanol–water partition coefficient (Wildman–Crippen LogP) is 0.342. The summed E-state index contributed by atoms with van der Waals surface area (Å²) in [4.78, 5) is 10.5. The molecule has 0 radical (unpaired) electrons. The van der Waals surface area contributed by atoms with E-state index in [1.165, 1.54) is 0 Å². The summed E-state index contributed by atoms with van der Waals surface area (Å²) in [5.74, 6) is -0.128. The predicted molar refractivity (Wildman–Crippen MR) is 48.8 cm³/mol. The van der Waals surface area contributed by atoms with Gasteiger partial charge in [-0.1, -0.05) is 0 Å². The fraction of sp³-hybridized carbons (Fsp3) is 0.444. The van der Waals surface area contributed by atoms with E-state index in [9.17, 15) is 9.90 Å². The molecule has 0 fully saturated rings. The van der Waals surface area contributed by atoms with E-state index in [-0.39, 0.29) is 0 Å². The molecule has 1 heterocycles. The minimum absolute atomic E-state index is 0.428. The van der Waals surface area contributed by atoms with Gasteiger partial charge in [-0.2, -0.15) is 0 Å². The van der Waals surface area contributed by atoms with Crippen LogP contribution < -0.4 is 5.73 Å². The standard InChI is InChI=1S/C9H13NO4/c1-4-3-6(5(2)14-4)8(11)7(10)9(12)13/h3,7-8,11H,10H2,1-2H3,(H,12,13). The Morgan fingerprint density at radius 2 is 2.14 bits per heavy atom. The summed E-state index contributed by atoms with van der Waals surface area (Å²) in [6, 6.07) is 0.258. The number of furan rings is 1. The first-order chi connectivity index (χ1) is 6.43. The number of aryl methyl sites for hydroxylation is 2. The lowest BCUT2D eigenvalue weighted by Gasteiger charge is -2.13. The minimum Gasteiger partial charge on any atom is -0.480 e. The maximum absolute atomic E-state index is 10.5. The molecule has 1 aromatic rings. The van der Waals surface area contributed by atoms with Gasteiger partial charge in [0, 0.05) is 5.56 Å². The molecule has 5 heteroatoms. The molecule has 0 aliphatic carbocycles. The van der Waals surface area contributed by atoms with Gasteiger partial charge in [-0.15, -0.1) is 0 Å². The summed E-state index contributed by atoms with van der Waals surface area (Å²) in [5, 5.41) is 18.2. The van der Waals surface area contributed by atoms with Crippen LogP contribution in [0.3, 0.4) is 0 Å². The summed E-state index contributed by atoms with van der Waals surface area (Å²) in [5.41, 5.74) is 5.71. The van der Waals surface area contributed by atoms with Crippen molar-refractivity contribution in [3.8, 4) is 0 Å². The Bertz CT molecular complexity index is 345. The van der Waals surface area contributed by atoms with Gasteiger partial charge >= 0.3 is 5.97 Å². The maximum Gasteiger partial charge on any atom is 0.323 e. The number of carboxylic acid groups (broad SMARTS) is 1. The molecular formula is C9H13NO4. The smallest absolute Gasteiger partial charge is 0.323 e. The van der Waals surface area contributed by atoms with Crippen LogP contribution in [0.4, 0.5) is 0 Å². The Hall–Kier alpha value is -1.33. The number of aliphatic hydroxyl groups is 1. The number of aliphatic hydroxyl groups excluding tert-OH is 1. The fourth-order valence-electron chi connectivity index (χ4n) is 1.27. The molecule has 0 aromatic carbocycles. The fourth-order valence-corrected chi connectivity index (χ4v) is 1.27. The van der Waals surface area contributed by atoms with Crippen molar-refractivity contribution in [2.45, 2.75) is 26.0 Å². The number of hydrogen-bond donors (Lipinski definition) is 3. The first kappa shape index (κ1) is 10.7. The van der Waals surface area contributed by atoms with Crippen molar-refractivity contribution in [2.24, 2.45) is 5.73 Å². The normalized spacial score (nSPS) is 15.1. The van der Waals surface area contributed by atoms with Crippen molar-refractivity contribution in [2.75, 3.05) is 0 Å². The molecule has 0 saturated carbocycles. The molecule has 0 aliphatic rings. The van der Waals surface area contributed by atoms with Gasteiger partial charge < -0.3 is 20.4 Å². The summed E-state index contributed by atoms with van der Waals surface area (Å²) < 4.78 is 5.16. The molecule has 2 atom stereocenters. The number of hydrogen-bond acceptors (Lipinski definition) is 4. The Labute approximate surface area is 81.1 Å². The number of carboxylic acids is 1. The van der Waals surface area contributed by atoms with Crippen molar-refractivity contribution in [1.82, 2.24) is 0 Å². The maximum atomic E-state index is 10.5. The van der Waals surface area contributed by atoms with Gasteiger partial charge in [0.15, 0.2) is 0 Å². The SMILES string of the molecule is Cc1cc(C(O)C(N)C(=O)O)c(C)o1. The molecule has 0 spiro atoms. The van der Waals surface area contributed by atoms with E-state index < -0.39 is 18.1 Å². The minimum atomic E-state index is -1.33. The molecule has 14 heavy (non-hydrogen) atoms. The lowest BCUT2D eigenvalue weighted by Crippen LogP contribution is -2.36. The molecule has 4 N–H and O–H groups in total. The van der Waals surface area contributed by atoms with Crippen LogP contribution in [0.2, 0.25) is 0 Å². The average molecular weight is 199 g/mol. The third-order valence-corrected chi connectivity index (χ3v) is 2.02. The van der Waals surface area contributed by atoms with E-state index in [1.807, 2.05) is 0 Å². The van der Waals surface area contributed by atoms with E-state index in [2.05, 4.69) is 0 Å². The molecule has 0 amide bonds. The topological polar surface area (TPSA) is 96.7 Å². The first-order valence-electron chi connectivity index (χ1n) is 4.17. The molecule has 0 aliphatic heterocycles. The van der Waals surface area contributed by atoms with Crippen LogP contribution in [0.1, 0.15) is 23.2 Å². The largest absolute Gasteiger partial charge is 0.480 e. The number of aliphatic carboxylic acids is 1. The zero-order valence-corrected chi connectivity index (χ0v) is 8.02. The Morgan fingerprint density at radius 3 is 2.50 bits per heavy atom. The van der Waals surface area contributed by atoms with E-state index in [0.29, 0.717) is 17.1 Å². The monoisotopic (exact) mass is 199 g/mol. The zero-order chi connectivity index (χ0) is 10.9. The highest BCUT2D eigenvalue weighted by Gasteiger charge is 2.26. The molecule has 78 valence electrons. The van der Waals surface area contributed by atoms with Crippen LogP contribution in [0, 0.1) is 13.8 Å². The Balaban J connectivity index is 2.94. The first-order valence-corrected chi connectivity index (χ1v) is 4.17. The molecule has 1 aromatic heterocycles. The van der Waals surface area contributed by atoms with E-state index in [1.54, 1.807) is 19.9 Å². The number of carbonyl (C=O) groups is 1. The van der Waals surface area contributed by atoms with Crippen LogP contribution in [-0.2, 0) is 4.79 Å². The van der Waals surface area contributed by atoms with Gasteiger partial charge in [-0.3, -0.25) is 4.79 Å². The van der Waals surface area contributed by atoms with Gasteiger partial charge in [-0.25, -0.2) is 0 Å². The van der Waals surface area contributed by atoms with Gasteiger partial charge in [0.2, 0.25) is 0 Å². The van der Waals surface area contributed by atoms with E-state index >= 15 is 0 Å². The van der Waals surface area contributed by atoms with Gasteiger partial charge in [0.05, 0.1) is 0 Å². The highest BCUT2D eigenvalue weighted by Crippen LogP contribution is 2.23. The van der Waals surface area contributed by atoms with Gasteiger partial charge in [0.1, 0.15) is 23.7 Å². The summed E-state index contributed by atoms with van der Waals surface area (Å²) in [6.45, 7) is 3.37. The molecule has 2 unspecified atom stereocenters. The van der Waals surface area contributed by atoms with Gasteiger partial charge in [0.25, 0.3) is 0 Å². The van der Waals surface area contributed by atoms with E-state index in [4.69, 9.17) is 15.3 Å². The van der Waals surface area contributed by atoms with E-state index in [0.717, 1.165) is 0 Å². The highest BCUT2D eigenvalue weighted by atomic mass is 16.4. The Morgan fingerprint density at radius 1 is 1.57 bits per heavy atom. The third-order valence-electron chi connectivity index (χ3n) is 2.02. The second-order valence-electron chi connectivity index (χ2n) is 3.18. The molecule has 0 bridgehead atoms. The van der Waals surface area contributed by atoms with Gasteiger partial charge in [-0.05, 0) is 19.9 Å². The summed E-state index contributed by atoms with van der Waals surface area (Å²) in [6.07, 6.45) is -1.23. The Kier molecular flexibility index (Phi) is 2.93. The van der Waals surface area contributed by atoms with Crippen molar-refractivity contribution in [3.05, 3.63) is 23.2 Å². The molecule has 1 rings (SSSR count). The van der Waals surface area contributed by atoms with Crippen LogP contribution >= 0.6 is 0 Å². The van der Waals surface area contributed by atoms with Crippen LogP contribution in [0.25, 0.3) is 0 Å². The van der Waals surface area contributed by atoms with Crippen LogP contribution in [0.15, 0.2) is 10.5 Å². The van der Waals surface area contributed by atoms with Crippen molar-refractivity contribution in [3.63, 3.8) is 0 Å². The zero-order valence-electron chi connectivity index (χ0n) is 8.02. The molecule has 5 nitrogen and oxygen atoms in total. The molecule has 0 saturated heterocycles.